The Morgan fingerprint density at radius 1 is 1.46 bits per heavy atom. The van der Waals surface area contributed by atoms with Crippen molar-refractivity contribution in [1.82, 2.24) is 0 Å². The number of nitrogens with one attached hydrogen (secondary N) is 1. The first kappa shape index (κ1) is 10.1. The molecule has 0 amide bonds. The maximum absolute atomic E-state index is 7.48. The van der Waals surface area contributed by atoms with Gasteiger partial charge >= 0.3 is 0 Å². The topological polar surface area (TPSA) is 33.1 Å². The summed E-state index contributed by atoms with van der Waals surface area (Å²) in [6, 6.07) is 9.46. The first-order valence-corrected chi connectivity index (χ1v) is 4.59. The van der Waals surface area contributed by atoms with Crippen LogP contribution in [0.5, 0.6) is 0 Å². The van der Waals surface area contributed by atoms with Crippen molar-refractivity contribution in [2.45, 2.75) is 12.3 Å². The van der Waals surface area contributed by atoms with Crippen LogP contribution in [0.15, 0.2) is 30.3 Å². The fourth-order valence-corrected chi connectivity index (χ4v) is 1.21. The van der Waals surface area contributed by atoms with Gasteiger partial charge in [-0.15, -0.1) is 11.6 Å². The van der Waals surface area contributed by atoms with Crippen LogP contribution in [0.25, 0.3) is 0 Å². The highest BCUT2D eigenvalue weighted by Gasteiger charge is 2.13. The Morgan fingerprint density at radius 2 is 2.08 bits per heavy atom. The predicted molar refractivity (Wildman–Crippen MR) is 54.4 cm³/mol. The summed E-state index contributed by atoms with van der Waals surface area (Å²) >= 11 is 5.99. The molecule has 0 heterocycles. The predicted octanol–water partition coefficient (Wildman–Crippen LogP) is 2.98. The van der Waals surface area contributed by atoms with Gasteiger partial charge in [0.2, 0.25) is 5.90 Å². The van der Waals surface area contributed by atoms with Crippen LogP contribution in [0.1, 0.15) is 17.9 Å². The Kier molecular flexibility index (Phi) is 3.77. The van der Waals surface area contributed by atoms with Gasteiger partial charge in [0.1, 0.15) is 5.38 Å². The van der Waals surface area contributed by atoms with E-state index in [0.29, 0.717) is 6.61 Å². The standard InChI is InChI=1S/C10H12ClNO/c1-2-13-10(12)9(11)8-6-4-3-5-7-8/h3-7,9,12H,2H2,1H3/t9-/m1/s1. The summed E-state index contributed by atoms with van der Waals surface area (Å²) in [4.78, 5) is 0. The largest absolute Gasteiger partial charge is 0.480 e. The Balaban J connectivity index is 2.68. The highest BCUT2D eigenvalue weighted by Crippen LogP contribution is 2.21. The van der Waals surface area contributed by atoms with Crippen molar-refractivity contribution in [3.8, 4) is 0 Å². The van der Waals surface area contributed by atoms with Gasteiger partial charge in [-0.3, -0.25) is 5.41 Å². The number of halogens is 1. The molecule has 0 aromatic heterocycles. The van der Waals surface area contributed by atoms with E-state index in [1.165, 1.54) is 0 Å². The van der Waals surface area contributed by atoms with Crippen molar-refractivity contribution in [2.24, 2.45) is 0 Å². The van der Waals surface area contributed by atoms with E-state index in [2.05, 4.69) is 0 Å². The minimum absolute atomic E-state index is 0.107. The van der Waals surface area contributed by atoms with Crippen molar-refractivity contribution >= 4 is 17.5 Å². The Hall–Kier alpha value is -1.02. The van der Waals surface area contributed by atoms with E-state index in [1.54, 1.807) is 0 Å². The van der Waals surface area contributed by atoms with Gasteiger partial charge in [-0.25, -0.2) is 0 Å². The lowest BCUT2D eigenvalue weighted by Crippen LogP contribution is -2.09. The van der Waals surface area contributed by atoms with Crippen LogP contribution in [0.2, 0.25) is 0 Å². The normalized spacial score (nSPS) is 12.2. The van der Waals surface area contributed by atoms with E-state index in [-0.39, 0.29) is 5.90 Å². The minimum Gasteiger partial charge on any atom is -0.480 e. The average molecular weight is 198 g/mol. The number of ether oxygens (including phenoxy) is 1. The zero-order valence-corrected chi connectivity index (χ0v) is 8.21. The fraction of sp³-hybridized carbons (Fsp3) is 0.300. The van der Waals surface area contributed by atoms with Crippen molar-refractivity contribution < 1.29 is 4.74 Å². The lowest BCUT2D eigenvalue weighted by Gasteiger charge is -2.10. The molecular formula is C10H12ClNO. The lowest BCUT2D eigenvalue weighted by atomic mass is 10.1. The molecule has 0 saturated heterocycles. The summed E-state index contributed by atoms with van der Waals surface area (Å²) in [6.07, 6.45) is 0. The summed E-state index contributed by atoms with van der Waals surface area (Å²) in [5, 5.41) is 7.01. The summed E-state index contributed by atoms with van der Waals surface area (Å²) in [6.45, 7) is 2.32. The zero-order valence-electron chi connectivity index (χ0n) is 7.46. The molecule has 0 spiro atoms. The Morgan fingerprint density at radius 3 is 2.62 bits per heavy atom. The second kappa shape index (κ2) is 4.87. The van der Waals surface area contributed by atoms with E-state index in [0.717, 1.165) is 5.56 Å². The molecule has 0 aliphatic rings. The number of hydrogen-bond donors (Lipinski definition) is 1. The van der Waals surface area contributed by atoms with Gasteiger partial charge in [-0.05, 0) is 12.5 Å². The van der Waals surface area contributed by atoms with E-state index in [4.69, 9.17) is 21.7 Å². The van der Waals surface area contributed by atoms with E-state index in [9.17, 15) is 0 Å². The molecule has 0 fully saturated rings. The van der Waals surface area contributed by atoms with Crippen molar-refractivity contribution in [2.75, 3.05) is 6.61 Å². The molecule has 0 aliphatic carbocycles. The molecule has 1 atom stereocenters. The first-order valence-electron chi connectivity index (χ1n) is 4.16. The third-order valence-electron chi connectivity index (χ3n) is 1.62. The molecule has 0 aliphatic heterocycles. The second-order valence-electron chi connectivity index (χ2n) is 2.57. The van der Waals surface area contributed by atoms with E-state index in [1.807, 2.05) is 37.3 Å². The van der Waals surface area contributed by atoms with Crippen LogP contribution in [0.3, 0.4) is 0 Å². The van der Waals surface area contributed by atoms with Gasteiger partial charge in [0.15, 0.2) is 0 Å². The summed E-state index contributed by atoms with van der Waals surface area (Å²) in [5.74, 6) is 0.107. The van der Waals surface area contributed by atoms with Crippen LogP contribution >= 0.6 is 11.6 Å². The number of benzene rings is 1. The van der Waals surface area contributed by atoms with Gasteiger partial charge in [-0.1, -0.05) is 30.3 Å². The highest BCUT2D eigenvalue weighted by molar-refractivity contribution is 6.30. The summed E-state index contributed by atoms with van der Waals surface area (Å²) in [7, 11) is 0. The third-order valence-corrected chi connectivity index (χ3v) is 2.07. The van der Waals surface area contributed by atoms with Crippen LogP contribution in [-0.2, 0) is 4.74 Å². The Bertz CT molecular complexity index is 274. The number of rotatable bonds is 3. The molecule has 0 saturated carbocycles. The maximum atomic E-state index is 7.48. The lowest BCUT2D eigenvalue weighted by molar-refractivity contribution is 0.315. The molecule has 70 valence electrons. The van der Waals surface area contributed by atoms with E-state index < -0.39 is 5.38 Å². The molecule has 1 aromatic rings. The molecule has 1 aromatic carbocycles. The molecule has 1 rings (SSSR count). The average Bonchev–Trinajstić information content (AvgIpc) is 2.18. The van der Waals surface area contributed by atoms with Gasteiger partial charge in [0.25, 0.3) is 0 Å². The van der Waals surface area contributed by atoms with Crippen LogP contribution in [0, 0.1) is 5.41 Å². The second-order valence-corrected chi connectivity index (χ2v) is 3.01. The molecule has 0 bridgehead atoms. The SMILES string of the molecule is CCOC(=N)[C@H](Cl)c1ccccc1. The fourth-order valence-electron chi connectivity index (χ4n) is 1.00. The van der Waals surface area contributed by atoms with Crippen LogP contribution in [0.4, 0.5) is 0 Å². The third kappa shape index (κ3) is 2.74. The summed E-state index contributed by atoms with van der Waals surface area (Å²) in [5.41, 5.74) is 0.891. The number of hydrogen-bond acceptors (Lipinski definition) is 2. The smallest absolute Gasteiger partial charge is 0.203 e. The zero-order chi connectivity index (χ0) is 9.68. The molecular weight excluding hydrogens is 186 g/mol. The molecule has 0 unspecified atom stereocenters. The number of alkyl halides is 1. The summed E-state index contributed by atoms with van der Waals surface area (Å²) < 4.78 is 5.01. The Labute approximate surface area is 83.0 Å². The van der Waals surface area contributed by atoms with Gasteiger partial charge in [0, 0.05) is 0 Å². The molecule has 0 radical (unpaired) electrons. The highest BCUT2D eigenvalue weighted by atomic mass is 35.5. The van der Waals surface area contributed by atoms with Gasteiger partial charge < -0.3 is 4.74 Å². The van der Waals surface area contributed by atoms with Crippen LogP contribution < -0.4 is 0 Å². The maximum Gasteiger partial charge on any atom is 0.203 e. The first-order chi connectivity index (χ1) is 6.25. The minimum atomic E-state index is -0.471. The van der Waals surface area contributed by atoms with Crippen LogP contribution in [-0.4, -0.2) is 12.5 Å². The van der Waals surface area contributed by atoms with Gasteiger partial charge in [0.05, 0.1) is 6.61 Å². The monoisotopic (exact) mass is 197 g/mol. The van der Waals surface area contributed by atoms with Crippen molar-refractivity contribution in [3.05, 3.63) is 35.9 Å². The molecule has 2 nitrogen and oxygen atoms in total. The van der Waals surface area contributed by atoms with Gasteiger partial charge in [-0.2, -0.15) is 0 Å². The molecule has 3 heteroatoms. The molecule has 1 N–H and O–H groups in total. The van der Waals surface area contributed by atoms with E-state index >= 15 is 0 Å². The van der Waals surface area contributed by atoms with Crippen molar-refractivity contribution in [1.29, 1.82) is 5.41 Å². The molecule has 13 heavy (non-hydrogen) atoms. The quantitative estimate of drug-likeness (QED) is 0.451. The van der Waals surface area contributed by atoms with Crippen molar-refractivity contribution in [3.63, 3.8) is 0 Å².